The van der Waals surface area contributed by atoms with E-state index in [0.29, 0.717) is 0 Å². The van der Waals surface area contributed by atoms with Crippen molar-refractivity contribution < 1.29 is 32.7 Å². The normalized spacial score (nSPS) is 13.9. The topological polar surface area (TPSA) is 95.5 Å². The number of benzene rings is 1. The van der Waals surface area contributed by atoms with Crippen LogP contribution in [0.4, 0.5) is 13.2 Å². The zero-order valence-electron chi connectivity index (χ0n) is 12.9. The number of rotatable bonds is 6. The first-order chi connectivity index (χ1) is 11.0. The van der Waals surface area contributed by atoms with E-state index in [9.17, 15) is 32.7 Å². The lowest BCUT2D eigenvalue weighted by molar-refractivity contribution is -0.175. The fraction of sp³-hybridized carbons (Fsp3) is 0.400. The highest BCUT2D eigenvalue weighted by atomic mass is 19.4. The average Bonchev–Trinajstić information content (AvgIpc) is 2.48. The molecule has 0 heterocycles. The molecule has 1 aromatic rings. The van der Waals surface area contributed by atoms with Gasteiger partial charge in [0.25, 0.3) is 0 Å². The molecule has 0 radical (unpaired) electrons. The van der Waals surface area contributed by atoms with Crippen LogP contribution in [0.5, 0.6) is 0 Å². The molecule has 0 bridgehead atoms. The minimum absolute atomic E-state index is 0.253. The molecular weight excluding hydrogens is 329 g/mol. The molecule has 0 saturated carbocycles. The molecule has 1 rings (SSSR count). The van der Waals surface area contributed by atoms with Gasteiger partial charge in [-0.25, -0.2) is 4.79 Å². The molecule has 24 heavy (non-hydrogen) atoms. The highest BCUT2D eigenvalue weighted by Crippen LogP contribution is 2.17. The molecule has 0 aromatic heterocycles. The lowest BCUT2D eigenvalue weighted by atomic mass is 10.0. The van der Waals surface area contributed by atoms with E-state index in [0.717, 1.165) is 0 Å². The van der Waals surface area contributed by atoms with Crippen molar-refractivity contribution in [2.75, 3.05) is 0 Å². The first-order valence-corrected chi connectivity index (χ1v) is 7.00. The van der Waals surface area contributed by atoms with Gasteiger partial charge >= 0.3 is 18.1 Å². The zero-order valence-corrected chi connectivity index (χ0v) is 12.9. The second-order valence-electron chi connectivity index (χ2n) is 5.38. The number of carbonyl (C=O) groups excluding carboxylic acids is 2. The van der Waals surface area contributed by atoms with Crippen LogP contribution in [0.15, 0.2) is 30.3 Å². The van der Waals surface area contributed by atoms with E-state index in [4.69, 9.17) is 0 Å². The molecule has 0 spiro atoms. The molecule has 132 valence electrons. The maximum Gasteiger partial charge on any atom is 0.471 e. The molecule has 9 heteroatoms. The van der Waals surface area contributed by atoms with Crippen LogP contribution >= 0.6 is 0 Å². The van der Waals surface area contributed by atoms with Crippen LogP contribution in [-0.2, 0) is 14.4 Å². The van der Waals surface area contributed by atoms with Crippen LogP contribution in [0, 0.1) is 5.92 Å². The molecule has 0 aliphatic rings. The number of alkyl halides is 3. The quantitative estimate of drug-likeness (QED) is 0.730. The van der Waals surface area contributed by atoms with Gasteiger partial charge in [0, 0.05) is 0 Å². The minimum atomic E-state index is -5.14. The van der Waals surface area contributed by atoms with Crippen LogP contribution in [0.2, 0.25) is 0 Å². The van der Waals surface area contributed by atoms with Crippen LogP contribution in [-0.4, -0.2) is 35.1 Å². The van der Waals surface area contributed by atoms with Crippen molar-refractivity contribution in [3.8, 4) is 0 Å². The van der Waals surface area contributed by atoms with E-state index >= 15 is 0 Å². The van der Waals surface area contributed by atoms with E-state index in [1.165, 1.54) is 26.0 Å². The fourth-order valence-electron chi connectivity index (χ4n) is 1.92. The summed E-state index contributed by atoms with van der Waals surface area (Å²) in [6, 6.07) is 4.71. The van der Waals surface area contributed by atoms with E-state index < -0.39 is 42.0 Å². The van der Waals surface area contributed by atoms with Crippen molar-refractivity contribution >= 4 is 17.8 Å². The van der Waals surface area contributed by atoms with Gasteiger partial charge in [-0.2, -0.15) is 13.2 Å². The van der Waals surface area contributed by atoms with Gasteiger partial charge in [-0.1, -0.05) is 44.2 Å². The number of aliphatic carboxylic acids is 1. The number of halogens is 3. The number of hydrogen-bond acceptors (Lipinski definition) is 3. The van der Waals surface area contributed by atoms with Gasteiger partial charge in [-0.05, 0) is 11.5 Å². The smallest absolute Gasteiger partial charge is 0.471 e. The highest BCUT2D eigenvalue weighted by Gasteiger charge is 2.41. The largest absolute Gasteiger partial charge is 0.479 e. The summed E-state index contributed by atoms with van der Waals surface area (Å²) in [5.74, 6) is -5.33. The molecule has 0 aliphatic heterocycles. The SMILES string of the molecule is CC(C)[C@H](NC(=O)C(F)(F)F)C(=O)N[C@H](C(=O)O)c1ccccc1. The third kappa shape index (κ3) is 5.25. The van der Waals surface area contributed by atoms with Crippen LogP contribution in [0.3, 0.4) is 0 Å². The molecule has 0 unspecified atom stereocenters. The summed E-state index contributed by atoms with van der Waals surface area (Å²) in [4.78, 5) is 34.5. The van der Waals surface area contributed by atoms with Gasteiger partial charge in [-0.3, -0.25) is 9.59 Å². The monoisotopic (exact) mass is 346 g/mol. The Bertz CT molecular complexity index is 602. The maximum atomic E-state index is 12.4. The first-order valence-electron chi connectivity index (χ1n) is 7.00. The Morgan fingerprint density at radius 1 is 1.04 bits per heavy atom. The van der Waals surface area contributed by atoms with Gasteiger partial charge in [0.1, 0.15) is 6.04 Å². The molecule has 1 aromatic carbocycles. The second-order valence-corrected chi connectivity index (χ2v) is 5.38. The third-order valence-corrected chi connectivity index (χ3v) is 3.16. The van der Waals surface area contributed by atoms with E-state index in [1.54, 1.807) is 23.5 Å². The molecular formula is C15H17F3N2O4. The Labute approximate surface area is 136 Å². The lowest BCUT2D eigenvalue weighted by Crippen LogP contribution is -2.54. The van der Waals surface area contributed by atoms with Crippen molar-refractivity contribution in [3.63, 3.8) is 0 Å². The van der Waals surface area contributed by atoms with Gasteiger partial charge in [0.05, 0.1) is 0 Å². The van der Waals surface area contributed by atoms with Gasteiger partial charge < -0.3 is 15.7 Å². The number of carbonyl (C=O) groups is 3. The summed E-state index contributed by atoms with van der Waals surface area (Å²) < 4.78 is 37.1. The van der Waals surface area contributed by atoms with Crippen molar-refractivity contribution in [1.29, 1.82) is 0 Å². The summed E-state index contributed by atoms with van der Waals surface area (Å²) in [5.41, 5.74) is 0.253. The molecule has 2 amide bonds. The standard InChI is InChI=1S/C15H17F3N2O4/c1-8(2)10(20-14(24)15(16,17)18)12(21)19-11(13(22)23)9-6-4-3-5-7-9/h3-8,10-11H,1-2H3,(H,19,21)(H,20,24)(H,22,23)/t10-,11-/m0/s1. The molecule has 2 atom stereocenters. The minimum Gasteiger partial charge on any atom is -0.479 e. The Hall–Kier alpha value is -2.58. The summed E-state index contributed by atoms with van der Waals surface area (Å²) in [7, 11) is 0. The second kappa shape index (κ2) is 7.80. The van der Waals surface area contributed by atoms with Crippen molar-refractivity contribution in [2.45, 2.75) is 32.1 Å². The number of amides is 2. The van der Waals surface area contributed by atoms with Gasteiger partial charge in [0.2, 0.25) is 5.91 Å². The average molecular weight is 346 g/mol. The van der Waals surface area contributed by atoms with Gasteiger partial charge in [0.15, 0.2) is 6.04 Å². The van der Waals surface area contributed by atoms with Crippen LogP contribution in [0.1, 0.15) is 25.5 Å². The van der Waals surface area contributed by atoms with Crippen LogP contribution in [0.25, 0.3) is 0 Å². The molecule has 0 fully saturated rings. The van der Waals surface area contributed by atoms with Crippen molar-refractivity contribution in [3.05, 3.63) is 35.9 Å². The number of carboxylic acids is 1. The van der Waals surface area contributed by atoms with E-state index in [1.807, 2.05) is 0 Å². The Balaban J connectivity index is 2.94. The Morgan fingerprint density at radius 3 is 2.00 bits per heavy atom. The highest BCUT2D eigenvalue weighted by molar-refractivity contribution is 5.92. The number of nitrogens with one attached hydrogen (secondary N) is 2. The summed E-state index contributed by atoms with van der Waals surface area (Å²) >= 11 is 0. The molecule has 3 N–H and O–H groups in total. The van der Waals surface area contributed by atoms with E-state index in [2.05, 4.69) is 5.32 Å². The Morgan fingerprint density at radius 2 is 1.58 bits per heavy atom. The van der Waals surface area contributed by atoms with E-state index in [-0.39, 0.29) is 5.56 Å². The van der Waals surface area contributed by atoms with Crippen molar-refractivity contribution in [1.82, 2.24) is 10.6 Å². The Kier molecular flexibility index (Phi) is 6.33. The fourth-order valence-corrected chi connectivity index (χ4v) is 1.92. The lowest BCUT2D eigenvalue weighted by Gasteiger charge is -2.24. The number of hydrogen-bond donors (Lipinski definition) is 3. The third-order valence-electron chi connectivity index (χ3n) is 3.16. The van der Waals surface area contributed by atoms with Crippen molar-refractivity contribution in [2.24, 2.45) is 5.92 Å². The predicted octanol–water partition coefficient (Wildman–Crippen LogP) is 1.63. The summed E-state index contributed by atoms with van der Waals surface area (Å²) in [5, 5.41) is 13.0. The predicted molar refractivity (Wildman–Crippen MR) is 77.8 cm³/mol. The molecule has 6 nitrogen and oxygen atoms in total. The summed E-state index contributed by atoms with van der Waals surface area (Å²) in [6.45, 7) is 2.86. The molecule has 0 saturated heterocycles. The first kappa shape index (κ1) is 19.5. The number of carboxylic acid groups (broad SMARTS) is 1. The van der Waals surface area contributed by atoms with Gasteiger partial charge in [-0.15, -0.1) is 0 Å². The zero-order chi connectivity index (χ0) is 18.5. The summed E-state index contributed by atoms with van der Waals surface area (Å²) in [6.07, 6.45) is -5.14. The maximum absolute atomic E-state index is 12.4. The molecule has 0 aliphatic carbocycles. The van der Waals surface area contributed by atoms with Crippen LogP contribution < -0.4 is 10.6 Å².